The zero-order valence-electron chi connectivity index (χ0n) is 13.9. The summed E-state index contributed by atoms with van der Waals surface area (Å²) in [4.78, 5) is 11.8. The average Bonchev–Trinajstić information content (AvgIpc) is 2.51. The summed E-state index contributed by atoms with van der Waals surface area (Å²) in [6.45, 7) is 5.28. The molecule has 0 fully saturated rings. The highest BCUT2D eigenvalue weighted by atomic mass is 35.5. The molecule has 0 saturated heterocycles. The number of rotatable bonds is 3. The van der Waals surface area contributed by atoms with Crippen molar-refractivity contribution in [1.29, 1.82) is 0 Å². The summed E-state index contributed by atoms with van der Waals surface area (Å²) in [5.74, 6) is 6.16. The Morgan fingerprint density at radius 3 is 2.25 bits per heavy atom. The number of ether oxygens (including phenoxy) is 2. The Morgan fingerprint density at radius 2 is 1.58 bits per heavy atom. The van der Waals surface area contributed by atoms with Crippen molar-refractivity contribution in [2.24, 2.45) is 0 Å². The van der Waals surface area contributed by atoms with E-state index in [1.165, 1.54) is 0 Å². The predicted octanol–water partition coefficient (Wildman–Crippen LogP) is 4.46. The van der Waals surface area contributed by atoms with Crippen LogP contribution < -0.4 is 4.74 Å². The normalized spacial score (nSPS) is 10.5. The zero-order chi connectivity index (χ0) is 17.6. The lowest BCUT2D eigenvalue weighted by Gasteiger charge is -2.19. The SMILES string of the molecule is CC(C)(C)OC(=O)COc1ccccc1C#Cc1ccccc1Cl. The van der Waals surface area contributed by atoms with E-state index in [0.29, 0.717) is 16.3 Å². The Morgan fingerprint density at radius 1 is 1.00 bits per heavy atom. The smallest absolute Gasteiger partial charge is 0.344 e. The highest BCUT2D eigenvalue weighted by Crippen LogP contribution is 2.18. The molecule has 2 rings (SSSR count). The molecule has 0 aromatic heterocycles. The van der Waals surface area contributed by atoms with Gasteiger partial charge in [0.2, 0.25) is 0 Å². The van der Waals surface area contributed by atoms with Crippen LogP contribution in [0.3, 0.4) is 0 Å². The van der Waals surface area contributed by atoms with Gasteiger partial charge in [0.1, 0.15) is 11.4 Å². The Hall–Kier alpha value is -2.44. The van der Waals surface area contributed by atoms with Crippen LogP contribution in [0, 0.1) is 11.8 Å². The van der Waals surface area contributed by atoms with Gasteiger partial charge in [-0.25, -0.2) is 4.79 Å². The van der Waals surface area contributed by atoms with Gasteiger partial charge < -0.3 is 9.47 Å². The van der Waals surface area contributed by atoms with Crippen LogP contribution in [0.2, 0.25) is 5.02 Å². The number of halogens is 1. The minimum absolute atomic E-state index is 0.165. The summed E-state index contributed by atoms with van der Waals surface area (Å²) in [6.07, 6.45) is 0. The van der Waals surface area contributed by atoms with Gasteiger partial charge in [-0.2, -0.15) is 0 Å². The zero-order valence-corrected chi connectivity index (χ0v) is 14.7. The van der Waals surface area contributed by atoms with Gasteiger partial charge in [0.05, 0.1) is 10.6 Å². The molecule has 0 aliphatic heterocycles. The second-order valence-electron chi connectivity index (χ2n) is 6.10. The molecule has 24 heavy (non-hydrogen) atoms. The predicted molar refractivity (Wildman–Crippen MR) is 95.2 cm³/mol. The number of esters is 1. The standard InChI is InChI=1S/C20H19ClO3/c1-20(2,3)24-19(22)14-23-18-11-7-5-9-16(18)13-12-15-8-4-6-10-17(15)21/h4-11H,14H2,1-3H3. The van der Waals surface area contributed by atoms with Gasteiger partial charge in [-0.15, -0.1) is 0 Å². The van der Waals surface area contributed by atoms with Gasteiger partial charge in [-0.3, -0.25) is 0 Å². The number of carbonyl (C=O) groups excluding carboxylic acids is 1. The van der Waals surface area contributed by atoms with Crippen LogP contribution in [0.1, 0.15) is 31.9 Å². The molecule has 3 nitrogen and oxygen atoms in total. The van der Waals surface area contributed by atoms with Gasteiger partial charge in [0, 0.05) is 5.56 Å². The van der Waals surface area contributed by atoms with E-state index >= 15 is 0 Å². The van der Waals surface area contributed by atoms with Crippen LogP contribution >= 0.6 is 11.6 Å². The molecule has 0 radical (unpaired) electrons. The van der Waals surface area contributed by atoms with E-state index in [4.69, 9.17) is 21.1 Å². The fourth-order valence-corrected chi connectivity index (χ4v) is 2.08. The second-order valence-corrected chi connectivity index (χ2v) is 6.51. The maximum absolute atomic E-state index is 11.8. The lowest BCUT2D eigenvalue weighted by molar-refractivity contribution is -0.157. The summed E-state index contributed by atoms with van der Waals surface area (Å²) in [7, 11) is 0. The van der Waals surface area contributed by atoms with Crippen molar-refractivity contribution in [2.45, 2.75) is 26.4 Å². The van der Waals surface area contributed by atoms with Crippen molar-refractivity contribution in [2.75, 3.05) is 6.61 Å². The second kappa shape index (κ2) is 7.90. The number of benzene rings is 2. The van der Waals surface area contributed by atoms with Crippen LogP contribution in [0.4, 0.5) is 0 Å². The average molecular weight is 343 g/mol. The lowest BCUT2D eigenvalue weighted by Crippen LogP contribution is -2.27. The minimum atomic E-state index is -0.538. The summed E-state index contributed by atoms with van der Waals surface area (Å²) < 4.78 is 10.8. The Kier molecular flexibility index (Phi) is 5.89. The van der Waals surface area contributed by atoms with Crippen molar-refractivity contribution < 1.29 is 14.3 Å². The van der Waals surface area contributed by atoms with Crippen LogP contribution in [0.15, 0.2) is 48.5 Å². The molecule has 0 bridgehead atoms. The fraction of sp³-hybridized carbons (Fsp3) is 0.250. The Balaban J connectivity index is 2.11. The largest absolute Gasteiger partial charge is 0.481 e. The Bertz CT molecular complexity index is 779. The first-order chi connectivity index (χ1) is 11.3. The van der Waals surface area contributed by atoms with E-state index in [1.807, 2.05) is 57.2 Å². The monoisotopic (exact) mass is 342 g/mol. The molecule has 0 aliphatic rings. The maximum atomic E-state index is 11.8. The first-order valence-corrected chi connectivity index (χ1v) is 7.93. The summed E-state index contributed by atoms with van der Waals surface area (Å²) in [5, 5.41) is 0.595. The third kappa shape index (κ3) is 5.64. The summed E-state index contributed by atoms with van der Waals surface area (Å²) in [5.41, 5.74) is 0.881. The molecule has 0 amide bonds. The molecule has 4 heteroatoms. The van der Waals surface area contributed by atoms with E-state index in [0.717, 1.165) is 5.56 Å². The van der Waals surface area contributed by atoms with Gasteiger partial charge in [0.25, 0.3) is 0 Å². The maximum Gasteiger partial charge on any atom is 0.344 e. The van der Waals surface area contributed by atoms with Gasteiger partial charge in [0.15, 0.2) is 6.61 Å². The minimum Gasteiger partial charge on any atom is -0.481 e. The van der Waals surface area contributed by atoms with Crippen LogP contribution in [0.5, 0.6) is 5.75 Å². The summed E-state index contributed by atoms with van der Waals surface area (Å²) >= 11 is 6.10. The van der Waals surface area contributed by atoms with Crippen molar-refractivity contribution in [3.05, 3.63) is 64.7 Å². The number of para-hydroxylation sites is 1. The molecule has 2 aromatic carbocycles. The van der Waals surface area contributed by atoms with E-state index in [1.54, 1.807) is 12.1 Å². The lowest BCUT2D eigenvalue weighted by atomic mass is 10.1. The van der Waals surface area contributed by atoms with Crippen molar-refractivity contribution >= 4 is 17.6 Å². The molecule has 0 spiro atoms. The third-order valence-electron chi connectivity index (χ3n) is 2.86. The Labute approximate surface area is 147 Å². The van der Waals surface area contributed by atoms with E-state index < -0.39 is 11.6 Å². The third-order valence-corrected chi connectivity index (χ3v) is 3.19. The molecule has 0 heterocycles. The molecule has 2 aromatic rings. The number of carbonyl (C=O) groups is 1. The highest BCUT2D eigenvalue weighted by Gasteiger charge is 2.16. The molecule has 0 atom stereocenters. The van der Waals surface area contributed by atoms with Crippen molar-refractivity contribution in [3.63, 3.8) is 0 Å². The van der Waals surface area contributed by atoms with Crippen LogP contribution in [0.25, 0.3) is 0 Å². The quantitative estimate of drug-likeness (QED) is 0.610. The van der Waals surface area contributed by atoms with Crippen LogP contribution in [-0.2, 0) is 9.53 Å². The first-order valence-electron chi connectivity index (χ1n) is 7.55. The molecule has 0 unspecified atom stereocenters. The molecule has 124 valence electrons. The topological polar surface area (TPSA) is 35.5 Å². The molecular formula is C20H19ClO3. The highest BCUT2D eigenvalue weighted by molar-refractivity contribution is 6.31. The first kappa shape index (κ1) is 17.9. The molecule has 0 aliphatic carbocycles. The van der Waals surface area contributed by atoms with E-state index in [-0.39, 0.29) is 6.61 Å². The van der Waals surface area contributed by atoms with Gasteiger partial charge >= 0.3 is 5.97 Å². The van der Waals surface area contributed by atoms with Gasteiger partial charge in [-0.05, 0) is 45.0 Å². The number of hydrogen-bond acceptors (Lipinski definition) is 3. The van der Waals surface area contributed by atoms with E-state index in [2.05, 4.69) is 11.8 Å². The summed E-state index contributed by atoms with van der Waals surface area (Å²) in [6, 6.07) is 14.6. The van der Waals surface area contributed by atoms with Crippen molar-refractivity contribution in [3.8, 4) is 17.6 Å². The van der Waals surface area contributed by atoms with Gasteiger partial charge in [-0.1, -0.05) is 47.7 Å². The van der Waals surface area contributed by atoms with E-state index in [9.17, 15) is 4.79 Å². The molecular weight excluding hydrogens is 324 g/mol. The number of hydrogen-bond donors (Lipinski definition) is 0. The fourth-order valence-electron chi connectivity index (χ4n) is 1.90. The van der Waals surface area contributed by atoms with Crippen molar-refractivity contribution in [1.82, 2.24) is 0 Å². The molecule has 0 saturated carbocycles. The van der Waals surface area contributed by atoms with Crippen LogP contribution in [-0.4, -0.2) is 18.2 Å². The molecule has 0 N–H and O–H groups in total.